The number of thioether (sulfide) groups is 1. The predicted octanol–water partition coefficient (Wildman–Crippen LogP) is 1.28. The normalized spacial score (nSPS) is 11.9. The van der Waals surface area contributed by atoms with Crippen LogP contribution in [0.15, 0.2) is 24.0 Å². The number of carboxylic acids is 1. The maximum Gasteiger partial charge on any atom is 0.327 e. The molecular weight excluding hydrogens is 404 g/mol. The van der Waals surface area contributed by atoms with Crippen molar-refractivity contribution >= 4 is 57.0 Å². The molecular formula is C16H16N6O4S2. The number of rotatable bonds is 8. The number of carboxylic acid groups (broad SMARTS) is 1. The molecule has 4 N–H and O–H groups in total. The summed E-state index contributed by atoms with van der Waals surface area (Å²) in [5.41, 5.74) is 1.37. The Labute approximate surface area is 167 Å². The molecule has 0 saturated carbocycles. The molecule has 28 heavy (non-hydrogen) atoms. The first-order chi connectivity index (χ1) is 13.4. The second-order valence-corrected chi connectivity index (χ2v) is 7.57. The van der Waals surface area contributed by atoms with E-state index < -0.39 is 17.9 Å². The van der Waals surface area contributed by atoms with Crippen LogP contribution in [-0.4, -0.2) is 60.4 Å². The van der Waals surface area contributed by atoms with Crippen LogP contribution < -0.4 is 10.6 Å². The number of nitrogens with one attached hydrogen (secondary N) is 3. The number of aliphatic carboxylic acids is 1. The molecule has 12 heteroatoms. The lowest BCUT2D eigenvalue weighted by Crippen LogP contribution is -2.43. The van der Waals surface area contributed by atoms with Crippen molar-refractivity contribution in [3.05, 3.63) is 35.4 Å². The summed E-state index contributed by atoms with van der Waals surface area (Å²) in [6, 6.07) is 0.468. The third-order valence-corrected chi connectivity index (χ3v) is 5.47. The third-order valence-electron chi connectivity index (χ3n) is 3.56. The van der Waals surface area contributed by atoms with Crippen molar-refractivity contribution in [3.8, 4) is 0 Å². The zero-order valence-electron chi connectivity index (χ0n) is 14.6. The van der Waals surface area contributed by atoms with Crippen molar-refractivity contribution in [2.75, 3.05) is 16.8 Å². The first-order valence-corrected chi connectivity index (χ1v) is 10.1. The molecule has 3 rings (SSSR count). The van der Waals surface area contributed by atoms with Crippen LogP contribution in [0.25, 0.3) is 11.0 Å². The van der Waals surface area contributed by atoms with Crippen LogP contribution in [0.2, 0.25) is 0 Å². The maximum atomic E-state index is 12.4. The molecule has 0 aliphatic rings. The SMILES string of the molecule is Cc1csc(NC(=O)CSC[C@@H](NC(=O)c2ncnc3[nH]ccc23)C(=O)O)n1. The standard InChI is InChI=1S/C16H16N6O4S2/c1-8-4-28-16(20-8)22-11(23)6-27-5-10(15(25)26)21-14(24)12-9-2-3-17-13(9)19-7-18-12/h2-4,7,10H,5-6H2,1H3,(H,21,24)(H,25,26)(H,17,18,19)(H,20,22,23)/t10-/m1/s1. The Morgan fingerprint density at radius 3 is 2.89 bits per heavy atom. The van der Waals surface area contributed by atoms with Gasteiger partial charge in [-0.2, -0.15) is 0 Å². The highest BCUT2D eigenvalue weighted by Crippen LogP contribution is 2.16. The summed E-state index contributed by atoms with van der Waals surface area (Å²) in [6.07, 6.45) is 2.84. The lowest BCUT2D eigenvalue weighted by atomic mass is 10.2. The highest BCUT2D eigenvalue weighted by Gasteiger charge is 2.23. The van der Waals surface area contributed by atoms with Gasteiger partial charge in [0.05, 0.1) is 16.8 Å². The molecule has 0 unspecified atom stereocenters. The number of nitrogens with zero attached hydrogens (tertiary/aromatic N) is 3. The molecule has 3 aromatic heterocycles. The molecule has 3 aromatic rings. The highest BCUT2D eigenvalue weighted by molar-refractivity contribution is 8.00. The fourth-order valence-electron chi connectivity index (χ4n) is 2.29. The molecule has 0 aliphatic carbocycles. The molecule has 0 radical (unpaired) electrons. The van der Waals surface area contributed by atoms with Crippen molar-refractivity contribution in [1.82, 2.24) is 25.3 Å². The number of carbonyl (C=O) groups excluding carboxylic acids is 2. The number of fused-ring (bicyclic) bond motifs is 1. The lowest BCUT2D eigenvalue weighted by Gasteiger charge is -2.14. The average Bonchev–Trinajstić information content (AvgIpc) is 3.28. The Balaban J connectivity index is 1.55. The van der Waals surface area contributed by atoms with Gasteiger partial charge in [0, 0.05) is 17.3 Å². The zero-order chi connectivity index (χ0) is 20.1. The summed E-state index contributed by atoms with van der Waals surface area (Å²) >= 11 is 2.41. The van der Waals surface area contributed by atoms with Crippen LogP contribution in [-0.2, 0) is 9.59 Å². The molecule has 0 aromatic carbocycles. The number of aryl methyl sites for hydroxylation is 1. The van der Waals surface area contributed by atoms with Gasteiger partial charge in [0.2, 0.25) is 5.91 Å². The van der Waals surface area contributed by atoms with E-state index in [-0.39, 0.29) is 23.1 Å². The van der Waals surface area contributed by atoms with Gasteiger partial charge in [-0.3, -0.25) is 9.59 Å². The van der Waals surface area contributed by atoms with Crippen molar-refractivity contribution in [2.24, 2.45) is 0 Å². The summed E-state index contributed by atoms with van der Waals surface area (Å²) < 4.78 is 0. The molecule has 10 nitrogen and oxygen atoms in total. The number of carbonyl (C=O) groups is 3. The van der Waals surface area contributed by atoms with Gasteiger partial charge in [0.25, 0.3) is 5.91 Å². The van der Waals surface area contributed by atoms with Gasteiger partial charge >= 0.3 is 5.97 Å². The number of H-pyrrole nitrogens is 1. The minimum atomic E-state index is -1.20. The van der Waals surface area contributed by atoms with Crippen LogP contribution in [0, 0.1) is 6.92 Å². The fourth-order valence-corrected chi connectivity index (χ4v) is 3.83. The van der Waals surface area contributed by atoms with Gasteiger partial charge in [0.15, 0.2) is 5.13 Å². The molecule has 0 bridgehead atoms. The summed E-state index contributed by atoms with van der Waals surface area (Å²) in [5, 5.41) is 17.2. The van der Waals surface area contributed by atoms with Crippen LogP contribution in [0.4, 0.5) is 5.13 Å². The summed E-state index contributed by atoms with van der Waals surface area (Å²) in [4.78, 5) is 50.7. The van der Waals surface area contributed by atoms with Crippen molar-refractivity contribution in [2.45, 2.75) is 13.0 Å². The Bertz CT molecular complexity index is 1020. The number of aromatic amines is 1. The van der Waals surface area contributed by atoms with E-state index in [1.165, 1.54) is 17.7 Å². The molecule has 146 valence electrons. The Morgan fingerprint density at radius 2 is 2.18 bits per heavy atom. The van der Waals surface area contributed by atoms with Gasteiger partial charge in [-0.15, -0.1) is 23.1 Å². The molecule has 1 atom stereocenters. The topological polar surface area (TPSA) is 150 Å². The van der Waals surface area contributed by atoms with E-state index >= 15 is 0 Å². The van der Waals surface area contributed by atoms with Gasteiger partial charge in [-0.25, -0.2) is 19.7 Å². The molecule has 0 aliphatic heterocycles. The minimum Gasteiger partial charge on any atom is -0.480 e. The molecule has 0 fully saturated rings. The summed E-state index contributed by atoms with van der Waals surface area (Å²) in [5.74, 6) is -2.06. The number of amides is 2. The number of hydrogen-bond donors (Lipinski definition) is 4. The molecule has 2 amide bonds. The number of anilines is 1. The van der Waals surface area contributed by atoms with Gasteiger partial charge < -0.3 is 20.7 Å². The number of thiazole rings is 1. The number of hydrogen-bond acceptors (Lipinski definition) is 8. The van der Waals surface area contributed by atoms with Crippen LogP contribution in [0.1, 0.15) is 16.2 Å². The quantitative estimate of drug-likeness (QED) is 0.426. The first kappa shape index (κ1) is 19.8. The van der Waals surface area contributed by atoms with Gasteiger partial charge in [0.1, 0.15) is 23.7 Å². The Kier molecular flexibility index (Phi) is 6.21. The van der Waals surface area contributed by atoms with E-state index in [0.29, 0.717) is 16.2 Å². The van der Waals surface area contributed by atoms with Crippen LogP contribution in [0.3, 0.4) is 0 Å². The van der Waals surface area contributed by atoms with Crippen molar-refractivity contribution < 1.29 is 19.5 Å². The van der Waals surface area contributed by atoms with Crippen LogP contribution in [0.5, 0.6) is 0 Å². The highest BCUT2D eigenvalue weighted by atomic mass is 32.2. The third kappa shape index (κ3) is 4.84. The van der Waals surface area contributed by atoms with E-state index in [1.54, 1.807) is 12.3 Å². The second kappa shape index (κ2) is 8.80. The molecule has 3 heterocycles. The maximum absolute atomic E-state index is 12.4. The molecule has 0 saturated heterocycles. The van der Waals surface area contributed by atoms with E-state index in [2.05, 4.69) is 30.6 Å². The van der Waals surface area contributed by atoms with E-state index in [0.717, 1.165) is 17.5 Å². The number of aromatic nitrogens is 4. The van der Waals surface area contributed by atoms with E-state index in [1.807, 2.05) is 12.3 Å². The largest absolute Gasteiger partial charge is 0.480 e. The van der Waals surface area contributed by atoms with Gasteiger partial charge in [-0.05, 0) is 13.0 Å². The zero-order valence-corrected chi connectivity index (χ0v) is 16.3. The lowest BCUT2D eigenvalue weighted by molar-refractivity contribution is -0.138. The van der Waals surface area contributed by atoms with E-state index in [9.17, 15) is 19.5 Å². The first-order valence-electron chi connectivity index (χ1n) is 8.05. The Morgan fingerprint density at radius 1 is 1.36 bits per heavy atom. The van der Waals surface area contributed by atoms with E-state index in [4.69, 9.17) is 0 Å². The average molecular weight is 420 g/mol. The summed E-state index contributed by atoms with van der Waals surface area (Å²) in [7, 11) is 0. The van der Waals surface area contributed by atoms with Crippen molar-refractivity contribution in [1.29, 1.82) is 0 Å². The van der Waals surface area contributed by atoms with Crippen molar-refractivity contribution in [3.63, 3.8) is 0 Å². The minimum absolute atomic E-state index is 0.0206. The second-order valence-electron chi connectivity index (χ2n) is 5.68. The Hall–Kier alpha value is -2.99. The van der Waals surface area contributed by atoms with Crippen LogP contribution >= 0.6 is 23.1 Å². The fraction of sp³-hybridized carbons (Fsp3) is 0.250. The monoisotopic (exact) mass is 420 g/mol. The summed E-state index contributed by atoms with van der Waals surface area (Å²) in [6.45, 7) is 1.82. The molecule has 0 spiro atoms. The predicted molar refractivity (Wildman–Crippen MR) is 106 cm³/mol. The van der Waals surface area contributed by atoms with Gasteiger partial charge in [-0.1, -0.05) is 0 Å². The smallest absolute Gasteiger partial charge is 0.327 e.